The van der Waals surface area contributed by atoms with Crippen molar-refractivity contribution in [1.29, 1.82) is 0 Å². The highest BCUT2D eigenvalue weighted by molar-refractivity contribution is 5.87. The lowest BCUT2D eigenvalue weighted by atomic mass is 9.33. The molecule has 5 aliphatic carbocycles. The Balaban J connectivity index is 1.04. The Morgan fingerprint density at radius 1 is 0.658 bits per heavy atom. The van der Waals surface area contributed by atoms with Crippen LogP contribution in [-0.4, -0.2) is 227 Å². The first-order valence-corrected chi connectivity index (χ1v) is 27.7. The van der Waals surface area contributed by atoms with E-state index in [1.807, 2.05) is 20.8 Å². The summed E-state index contributed by atoms with van der Waals surface area (Å²) in [4.78, 5) is 39.3. The van der Waals surface area contributed by atoms with Gasteiger partial charge in [-0.3, -0.25) is 4.79 Å². The number of aliphatic hydroxyl groups excluding tert-OH is 12. The SMILES string of the molecule is C/C=C(\C)C(=O)O[C@H]1[C@H](OC(C)=O)[C@]2(CO)[C@H](O)C[C@]3(C)C(=CC[C@@H]4[C@@]5(C)CC[C@H](O[C@H]6O[C@@H](C(=O)O)[C@H](O[C@H]7O[C@@H](CO)[C@H](O)[C@@H](O)[C@@H]7O[C@H]7O[C@@H](CO)[C@H](O)[C@@H](O)[C@@H]7O)[C@@H](O)[C@@H]6O)[C@](C)(CO)[C@@H]5CC[C@]43C)[C@@H]2CC1(C)C. The average molecular weight is 1130 g/mol. The molecular weight excluding hydrogens is 1040 g/mol. The first-order chi connectivity index (χ1) is 36.9. The predicted octanol–water partition coefficient (Wildman–Crippen LogP) is -1.32. The van der Waals surface area contributed by atoms with Crippen molar-refractivity contribution in [2.24, 2.45) is 50.2 Å². The van der Waals surface area contributed by atoms with Gasteiger partial charge in [-0.1, -0.05) is 59.3 Å². The van der Waals surface area contributed by atoms with Gasteiger partial charge in [-0.15, -0.1) is 0 Å². The Labute approximate surface area is 459 Å². The molecule has 0 aromatic rings. The van der Waals surface area contributed by atoms with Gasteiger partial charge in [-0.2, -0.15) is 0 Å². The molecule has 0 radical (unpaired) electrons. The molecule has 8 rings (SSSR count). The molecule has 24 nitrogen and oxygen atoms in total. The Kier molecular flexibility index (Phi) is 17.8. The third-order valence-electron chi connectivity index (χ3n) is 21.1. The number of carbonyl (C=O) groups excluding carboxylic acids is 2. The van der Waals surface area contributed by atoms with Crippen LogP contribution in [0, 0.1) is 50.2 Å². The number of carbonyl (C=O) groups is 3. The van der Waals surface area contributed by atoms with Gasteiger partial charge in [0.1, 0.15) is 79.4 Å². The number of carboxylic acid groups (broad SMARTS) is 1. The van der Waals surface area contributed by atoms with E-state index in [1.54, 1.807) is 19.9 Å². The molecule has 13 N–H and O–H groups in total. The second-order valence-electron chi connectivity index (χ2n) is 25.5. The van der Waals surface area contributed by atoms with E-state index in [4.69, 9.17) is 37.9 Å². The maximum atomic E-state index is 13.4. The lowest BCUT2D eigenvalue weighted by Gasteiger charge is -2.72. The quantitative estimate of drug-likeness (QED) is 0.0415. The fourth-order valence-electron chi connectivity index (χ4n) is 16.2. The van der Waals surface area contributed by atoms with Crippen LogP contribution in [0.25, 0.3) is 0 Å². The molecule has 3 heterocycles. The van der Waals surface area contributed by atoms with Crippen LogP contribution in [0.1, 0.15) is 107 Å². The second kappa shape index (κ2) is 22.6. The molecule has 27 atom stereocenters. The summed E-state index contributed by atoms with van der Waals surface area (Å²) in [5, 5.41) is 143. The number of carboxylic acids is 1. The summed E-state index contributed by atoms with van der Waals surface area (Å²) in [5.41, 5.74) is -3.51. The molecule has 0 spiro atoms. The number of esters is 2. The average Bonchev–Trinajstić information content (AvgIpc) is 3.59. The predicted molar refractivity (Wildman–Crippen MR) is 269 cm³/mol. The van der Waals surface area contributed by atoms with Gasteiger partial charge in [0.15, 0.2) is 25.0 Å². The van der Waals surface area contributed by atoms with Gasteiger partial charge in [-0.05, 0) is 92.8 Å². The van der Waals surface area contributed by atoms with Crippen LogP contribution in [-0.2, 0) is 52.3 Å². The summed E-state index contributed by atoms with van der Waals surface area (Å²) >= 11 is 0. The first kappa shape index (κ1) is 62.2. The Morgan fingerprint density at radius 2 is 1.24 bits per heavy atom. The van der Waals surface area contributed by atoms with E-state index in [0.717, 1.165) is 5.57 Å². The normalized spacial score (nSPS) is 50.6. The smallest absolute Gasteiger partial charge is 0.335 e. The maximum absolute atomic E-state index is 13.4. The molecule has 0 aromatic carbocycles. The fourth-order valence-corrected chi connectivity index (χ4v) is 16.2. The second-order valence-corrected chi connectivity index (χ2v) is 25.5. The van der Waals surface area contributed by atoms with E-state index >= 15 is 0 Å². The zero-order valence-corrected chi connectivity index (χ0v) is 46.4. The Hall–Kier alpha value is -2.83. The third-order valence-corrected chi connectivity index (χ3v) is 21.1. The van der Waals surface area contributed by atoms with Crippen LogP contribution < -0.4 is 0 Å². The molecular formula is C55H86O24. The maximum Gasteiger partial charge on any atom is 0.335 e. The topological polar surface area (TPSA) is 388 Å². The van der Waals surface area contributed by atoms with Crippen molar-refractivity contribution in [3.63, 3.8) is 0 Å². The molecule has 0 unspecified atom stereocenters. The number of fused-ring (bicyclic) bond motifs is 7. The van der Waals surface area contributed by atoms with Gasteiger partial charge in [0.05, 0.1) is 44.1 Å². The number of rotatable bonds is 14. The van der Waals surface area contributed by atoms with Crippen molar-refractivity contribution in [3.8, 4) is 0 Å². The van der Waals surface area contributed by atoms with Crippen molar-refractivity contribution < 1.29 is 119 Å². The Bertz CT molecular complexity index is 2300. The van der Waals surface area contributed by atoms with Crippen molar-refractivity contribution >= 4 is 17.9 Å². The molecule has 24 heteroatoms. The largest absolute Gasteiger partial charge is 0.479 e. The Morgan fingerprint density at radius 3 is 1.82 bits per heavy atom. The molecule has 450 valence electrons. The highest BCUT2D eigenvalue weighted by atomic mass is 16.8. The molecule has 0 aromatic heterocycles. The number of hydrogen-bond donors (Lipinski definition) is 13. The van der Waals surface area contributed by atoms with Crippen LogP contribution in [0.15, 0.2) is 23.3 Å². The van der Waals surface area contributed by atoms with Crippen molar-refractivity contribution in [2.75, 3.05) is 26.4 Å². The number of hydrogen-bond acceptors (Lipinski definition) is 23. The number of allylic oxidation sites excluding steroid dienone is 3. The van der Waals surface area contributed by atoms with E-state index in [1.165, 1.54) is 6.92 Å². The van der Waals surface area contributed by atoms with Crippen LogP contribution >= 0.6 is 0 Å². The molecule has 0 amide bonds. The molecule has 3 saturated heterocycles. The lowest BCUT2D eigenvalue weighted by molar-refractivity contribution is -0.389. The monoisotopic (exact) mass is 1130 g/mol. The zero-order valence-electron chi connectivity index (χ0n) is 46.4. The molecule has 4 saturated carbocycles. The van der Waals surface area contributed by atoms with Gasteiger partial charge in [0, 0.05) is 23.3 Å². The van der Waals surface area contributed by atoms with Crippen molar-refractivity contribution in [3.05, 3.63) is 23.3 Å². The van der Waals surface area contributed by atoms with Crippen LogP contribution in [0.2, 0.25) is 0 Å². The first-order valence-electron chi connectivity index (χ1n) is 27.7. The minimum Gasteiger partial charge on any atom is -0.479 e. The summed E-state index contributed by atoms with van der Waals surface area (Å²) in [7, 11) is 0. The van der Waals surface area contributed by atoms with Crippen molar-refractivity contribution in [2.45, 2.75) is 224 Å². The van der Waals surface area contributed by atoms with Gasteiger partial charge in [-0.25, -0.2) is 9.59 Å². The van der Waals surface area contributed by atoms with Crippen LogP contribution in [0.4, 0.5) is 0 Å². The van der Waals surface area contributed by atoms with Gasteiger partial charge < -0.3 is 104 Å². The lowest BCUT2D eigenvalue weighted by Crippen LogP contribution is -2.72. The summed E-state index contributed by atoms with van der Waals surface area (Å²) in [6.45, 7) is 14.2. The number of ether oxygens (including phenoxy) is 8. The van der Waals surface area contributed by atoms with E-state index in [0.29, 0.717) is 37.7 Å². The van der Waals surface area contributed by atoms with Crippen LogP contribution in [0.5, 0.6) is 0 Å². The molecule has 0 bridgehead atoms. The molecule has 79 heavy (non-hydrogen) atoms. The van der Waals surface area contributed by atoms with E-state index in [-0.39, 0.29) is 24.7 Å². The summed E-state index contributed by atoms with van der Waals surface area (Å²) < 4.78 is 47.4. The minimum absolute atomic E-state index is 0.0419. The number of aliphatic hydroxyl groups is 12. The summed E-state index contributed by atoms with van der Waals surface area (Å²) in [5.74, 6) is -3.72. The zero-order chi connectivity index (χ0) is 58.4. The van der Waals surface area contributed by atoms with E-state index in [9.17, 15) is 80.8 Å². The van der Waals surface area contributed by atoms with E-state index < -0.39 is 199 Å². The fraction of sp³-hybridized carbons (Fsp3) is 0.873. The molecule has 8 aliphatic rings. The number of aliphatic carboxylic acids is 1. The standard InChI is InChI=1S/C55H86O24/c1-10-23(2)46(71)79-43-44(72-24(3)60)55(22-59)26(17-50(43,4)5)25-11-12-30-51(6)15-14-32(52(7,21-58)29(51)13-16-53(30,8)54(25,9)18-31(55)61)75-48-39(68)37(66)40(42(78-48)45(69)70)76-49-41(36(65)34(63)28(20-57)74-49)77-47-38(67)35(64)33(62)27(19-56)73-47/h10-11,26-44,47-49,56-59,61-68H,12-22H2,1-9H3,(H,69,70)/b23-10+/t26-,27-,28-,29+,30+,31+,32-,33-,34-,35+,36+,37-,38-,39-,40+,41-,42+,43-,44-,47+,48-,49+,51-,52+,53+,54+,55-/m0/s1. The summed E-state index contributed by atoms with van der Waals surface area (Å²) in [6, 6.07) is 0. The summed E-state index contributed by atoms with van der Waals surface area (Å²) in [6.07, 6.45) is -26.1. The van der Waals surface area contributed by atoms with Crippen LogP contribution in [0.3, 0.4) is 0 Å². The van der Waals surface area contributed by atoms with E-state index in [2.05, 4.69) is 26.8 Å². The minimum atomic E-state index is -2.14. The highest BCUT2D eigenvalue weighted by Crippen LogP contribution is 2.76. The van der Waals surface area contributed by atoms with Gasteiger partial charge in [0.25, 0.3) is 0 Å². The highest BCUT2D eigenvalue weighted by Gasteiger charge is 2.74. The van der Waals surface area contributed by atoms with Gasteiger partial charge in [0.2, 0.25) is 0 Å². The molecule has 7 fully saturated rings. The third kappa shape index (κ3) is 9.94. The molecule has 3 aliphatic heterocycles. The van der Waals surface area contributed by atoms with Gasteiger partial charge >= 0.3 is 17.9 Å². The van der Waals surface area contributed by atoms with Crippen molar-refractivity contribution in [1.82, 2.24) is 0 Å².